The van der Waals surface area contributed by atoms with Crippen LogP contribution in [0.4, 0.5) is 0 Å². The zero-order valence-electron chi connectivity index (χ0n) is 10.2. The van der Waals surface area contributed by atoms with Crippen LogP contribution in [0.25, 0.3) is 0 Å². The Hall–Kier alpha value is -0.960. The lowest BCUT2D eigenvalue weighted by Crippen LogP contribution is -2.33. The van der Waals surface area contributed by atoms with Crippen LogP contribution in [-0.2, 0) is 11.2 Å². The van der Waals surface area contributed by atoms with Crippen LogP contribution in [-0.4, -0.2) is 23.9 Å². The Morgan fingerprint density at radius 3 is 2.53 bits per heavy atom. The number of carbonyl (C=O) groups is 1. The highest BCUT2D eigenvalue weighted by Crippen LogP contribution is 2.29. The fraction of sp³-hybridized carbons (Fsp3) is 0.500. The van der Waals surface area contributed by atoms with Crippen molar-refractivity contribution in [2.75, 3.05) is 13.1 Å². The first kappa shape index (κ1) is 12.5. The number of benzene rings is 1. The molecule has 1 aliphatic carbocycles. The molecule has 1 saturated carbocycles. The first-order valence-corrected chi connectivity index (χ1v) is 6.69. The molecule has 0 saturated heterocycles. The minimum atomic E-state index is 0.242. The Bertz CT molecular complexity index is 384. The molecule has 0 radical (unpaired) electrons. The van der Waals surface area contributed by atoms with E-state index in [4.69, 9.17) is 0 Å². The van der Waals surface area contributed by atoms with E-state index in [9.17, 15) is 4.79 Å². The molecule has 0 unspecified atom stereocenters. The normalized spacial score (nSPS) is 14.7. The molecule has 0 spiro atoms. The van der Waals surface area contributed by atoms with Crippen LogP contribution >= 0.6 is 12.6 Å². The largest absolute Gasteiger partial charge is 0.342 e. The molecule has 1 aromatic rings. The lowest BCUT2D eigenvalue weighted by Gasteiger charge is -2.20. The Labute approximate surface area is 108 Å². The molecule has 0 aromatic heterocycles. The number of hydrogen-bond donors (Lipinski definition) is 1. The average Bonchev–Trinajstić information content (AvgIpc) is 3.13. The van der Waals surface area contributed by atoms with Gasteiger partial charge < -0.3 is 4.90 Å². The van der Waals surface area contributed by atoms with E-state index in [0.29, 0.717) is 6.42 Å². The molecular weight excluding hydrogens is 230 g/mol. The van der Waals surface area contributed by atoms with Crippen LogP contribution in [0.15, 0.2) is 29.2 Å². The molecule has 1 aliphatic rings. The van der Waals surface area contributed by atoms with Gasteiger partial charge in [0.25, 0.3) is 0 Å². The molecule has 0 N–H and O–H groups in total. The molecule has 2 rings (SSSR count). The van der Waals surface area contributed by atoms with Gasteiger partial charge in [0.1, 0.15) is 0 Å². The molecule has 0 aliphatic heterocycles. The number of carbonyl (C=O) groups excluding carboxylic acids is 1. The second kappa shape index (κ2) is 5.58. The summed E-state index contributed by atoms with van der Waals surface area (Å²) in [5, 5.41) is 0. The van der Waals surface area contributed by atoms with Crippen LogP contribution in [0, 0.1) is 5.92 Å². The minimum Gasteiger partial charge on any atom is -0.342 e. The van der Waals surface area contributed by atoms with E-state index in [1.807, 2.05) is 29.2 Å². The van der Waals surface area contributed by atoms with E-state index in [-0.39, 0.29) is 5.91 Å². The monoisotopic (exact) mass is 249 g/mol. The van der Waals surface area contributed by atoms with Crippen molar-refractivity contribution in [1.29, 1.82) is 0 Å². The number of hydrogen-bond acceptors (Lipinski definition) is 2. The Morgan fingerprint density at radius 2 is 2.00 bits per heavy atom. The highest BCUT2D eigenvalue weighted by atomic mass is 32.1. The number of nitrogens with zero attached hydrogens (tertiary/aromatic N) is 1. The van der Waals surface area contributed by atoms with Crippen molar-refractivity contribution in [1.82, 2.24) is 4.90 Å². The second-order valence-electron chi connectivity index (χ2n) is 4.72. The molecule has 1 amide bonds. The van der Waals surface area contributed by atoms with Crippen molar-refractivity contribution < 1.29 is 4.79 Å². The lowest BCUT2D eigenvalue weighted by atomic mass is 10.1. The summed E-state index contributed by atoms with van der Waals surface area (Å²) in [5.41, 5.74) is 1.07. The Balaban J connectivity index is 1.91. The van der Waals surface area contributed by atoms with Crippen LogP contribution in [0.1, 0.15) is 25.3 Å². The molecule has 1 fully saturated rings. The van der Waals surface area contributed by atoms with Gasteiger partial charge in [-0.05, 0) is 43.4 Å². The number of thiol groups is 1. The van der Waals surface area contributed by atoms with Crippen molar-refractivity contribution in [3.05, 3.63) is 29.8 Å². The third-order valence-electron chi connectivity index (χ3n) is 3.20. The smallest absolute Gasteiger partial charge is 0.226 e. The first-order chi connectivity index (χ1) is 8.19. The second-order valence-corrected chi connectivity index (χ2v) is 5.24. The van der Waals surface area contributed by atoms with E-state index in [1.165, 1.54) is 12.8 Å². The fourth-order valence-corrected chi connectivity index (χ4v) is 2.07. The van der Waals surface area contributed by atoms with Crippen molar-refractivity contribution in [3.8, 4) is 0 Å². The maximum atomic E-state index is 12.1. The van der Waals surface area contributed by atoms with Gasteiger partial charge in [-0.15, -0.1) is 12.6 Å². The summed E-state index contributed by atoms with van der Waals surface area (Å²) >= 11 is 4.24. The summed E-state index contributed by atoms with van der Waals surface area (Å²) < 4.78 is 0. The molecule has 0 bridgehead atoms. The summed E-state index contributed by atoms with van der Waals surface area (Å²) in [6.07, 6.45) is 3.09. The number of likely N-dealkylation sites (N-methyl/N-ethyl adjacent to an activating group) is 1. The molecule has 2 nitrogen and oxygen atoms in total. The summed E-state index contributed by atoms with van der Waals surface area (Å²) in [5.74, 6) is 1.00. The van der Waals surface area contributed by atoms with Crippen molar-refractivity contribution in [2.45, 2.75) is 31.1 Å². The van der Waals surface area contributed by atoms with Crippen molar-refractivity contribution in [3.63, 3.8) is 0 Å². The standard InChI is InChI=1S/C14H19NOS/c1-2-15(10-12-3-4-12)14(16)9-11-5-7-13(17)8-6-11/h5-8,12,17H,2-4,9-10H2,1H3. The highest BCUT2D eigenvalue weighted by molar-refractivity contribution is 7.80. The lowest BCUT2D eigenvalue weighted by molar-refractivity contribution is -0.130. The third kappa shape index (κ3) is 3.77. The molecular formula is C14H19NOS. The minimum absolute atomic E-state index is 0.242. The highest BCUT2D eigenvalue weighted by Gasteiger charge is 2.25. The summed E-state index contributed by atoms with van der Waals surface area (Å²) in [7, 11) is 0. The van der Waals surface area contributed by atoms with Gasteiger partial charge in [-0.25, -0.2) is 0 Å². The maximum Gasteiger partial charge on any atom is 0.226 e. The Kier molecular flexibility index (Phi) is 4.11. The molecule has 17 heavy (non-hydrogen) atoms. The van der Waals surface area contributed by atoms with Gasteiger partial charge >= 0.3 is 0 Å². The number of rotatable bonds is 5. The summed E-state index contributed by atoms with van der Waals surface area (Å²) in [6, 6.07) is 7.82. The SMILES string of the molecule is CCN(CC1CC1)C(=O)Cc1ccc(S)cc1. The predicted molar refractivity (Wildman–Crippen MR) is 72.4 cm³/mol. The van der Waals surface area contributed by atoms with E-state index < -0.39 is 0 Å². The summed E-state index contributed by atoms with van der Waals surface area (Å²) in [6.45, 7) is 3.82. The van der Waals surface area contributed by atoms with Gasteiger partial charge in [0.2, 0.25) is 5.91 Å². The van der Waals surface area contributed by atoms with Crippen molar-refractivity contribution >= 4 is 18.5 Å². The van der Waals surface area contributed by atoms with E-state index >= 15 is 0 Å². The molecule has 0 atom stereocenters. The quantitative estimate of drug-likeness (QED) is 0.796. The van der Waals surface area contributed by atoms with Gasteiger partial charge in [0.15, 0.2) is 0 Å². The first-order valence-electron chi connectivity index (χ1n) is 6.24. The van der Waals surface area contributed by atoms with Gasteiger partial charge in [0, 0.05) is 18.0 Å². The van der Waals surface area contributed by atoms with Crippen LogP contribution in [0.5, 0.6) is 0 Å². The van der Waals surface area contributed by atoms with Crippen LogP contribution in [0.3, 0.4) is 0 Å². The maximum absolute atomic E-state index is 12.1. The van der Waals surface area contributed by atoms with E-state index in [1.54, 1.807) is 0 Å². The van der Waals surface area contributed by atoms with Crippen molar-refractivity contribution in [2.24, 2.45) is 5.92 Å². The van der Waals surface area contributed by atoms with Crippen LogP contribution < -0.4 is 0 Å². The molecule has 3 heteroatoms. The topological polar surface area (TPSA) is 20.3 Å². The zero-order valence-corrected chi connectivity index (χ0v) is 11.1. The molecule has 0 heterocycles. The van der Waals surface area contributed by atoms with Gasteiger partial charge in [-0.2, -0.15) is 0 Å². The summed E-state index contributed by atoms with van der Waals surface area (Å²) in [4.78, 5) is 15.0. The Morgan fingerprint density at radius 1 is 1.35 bits per heavy atom. The van der Waals surface area contributed by atoms with E-state index in [0.717, 1.165) is 29.5 Å². The van der Waals surface area contributed by atoms with Gasteiger partial charge in [0.05, 0.1) is 6.42 Å². The molecule has 1 aromatic carbocycles. The van der Waals surface area contributed by atoms with Gasteiger partial charge in [-0.3, -0.25) is 4.79 Å². The average molecular weight is 249 g/mol. The zero-order chi connectivity index (χ0) is 12.3. The molecule has 92 valence electrons. The third-order valence-corrected chi connectivity index (χ3v) is 3.50. The van der Waals surface area contributed by atoms with Gasteiger partial charge in [-0.1, -0.05) is 12.1 Å². The predicted octanol–water partition coefficient (Wildman–Crippen LogP) is 2.78. The number of amides is 1. The fourth-order valence-electron chi connectivity index (χ4n) is 1.92. The van der Waals surface area contributed by atoms with Crippen LogP contribution in [0.2, 0.25) is 0 Å². The van der Waals surface area contributed by atoms with E-state index in [2.05, 4.69) is 19.6 Å².